The number of hydrogen-bond donors (Lipinski definition) is 0. The van der Waals surface area contributed by atoms with Crippen LogP contribution in [0.4, 0.5) is 0 Å². The number of thioether (sulfide) groups is 1. The number of hydrogen-bond acceptors (Lipinski definition) is 5. The summed E-state index contributed by atoms with van der Waals surface area (Å²) in [6.45, 7) is 0. The van der Waals surface area contributed by atoms with Crippen LogP contribution in [0.2, 0.25) is 10.0 Å². The van der Waals surface area contributed by atoms with Crippen LogP contribution in [0, 0.1) is 0 Å². The number of esters is 1. The van der Waals surface area contributed by atoms with Gasteiger partial charge >= 0.3 is 5.97 Å². The van der Waals surface area contributed by atoms with Gasteiger partial charge in [0, 0.05) is 16.7 Å². The van der Waals surface area contributed by atoms with Crippen molar-refractivity contribution in [1.82, 2.24) is 4.98 Å². The van der Waals surface area contributed by atoms with Crippen molar-refractivity contribution < 1.29 is 9.53 Å². The van der Waals surface area contributed by atoms with Crippen LogP contribution in [0.1, 0.15) is 6.42 Å². The van der Waals surface area contributed by atoms with Gasteiger partial charge in [0.25, 0.3) is 0 Å². The molecule has 0 radical (unpaired) electrons. The lowest BCUT2D eigenvalue weighted by atomic mass is 10.2. The maximum atomic E-state index is 11.0. The number of methoxy groups -OCH3 is 1. The van der Waals surface area contributed by atoms with E-state index in [1.165, 1.54) is 30.2 Å². The average Bonchev–Trinajstić information content (AvgIpc) is 2.90. The molecule has 2 aromatic rings. The first-order chi connectivity index (χ1) is 9.60. The lowest BCUT2D eigenvalue weighted by molar-refractivity contribution is -0.140. The maximum absolute atomic E-state index is 11.0. The van der Waals surface area contributed by atoms with Gasteiger partial charge in [-0.05, 0) is 12.1 Å². The highest BCUT2D eigenvalue weighted by Gasteiger charge is 2.08. The molecule has 0 aliphatic carbocycles. The number of halogens is 2. The molecule has 0 atom stereocenters. The third-order valence-corrected chi connectivity index (χ3v) is 5.13. The van der Waals surface area contributed by atoms with Crippen LogP contribution in [-0.4, -0.2) is 23.8 Å². The van der Waals surface area contributed by atoms with Crippen LogP contribution in [0.15, 0.2) is 28.6 Å². The molecule has 0 saturated heterocycles. The zero-order valence-corrected chi connectivity index (χ0v) is 13.7. The Hall–Kier alpha value is -0.750. The van der Waals surface area contributed by atoms with Gasteiger partial charge < -0.3 is 4.74 Å². The minimum absolute atomic E-state index is 0.211. The van der Waals surface area contributed by atoms with Crippen molar-refractivity contribution in [1.29, 1.82) is 0 Å². The van der Waals surface area contributed by atoms with E-state index in [0.29, 0.717) is 22.2 Å². The molecular formula is C13H11Cl2NO2S2. The minimum Gasteiger partial charge on any atom is -0.469 e. The highest BCUT2D eigenvalue weighted by atomic mass is 35.5. The molecule has 0 N–H and O–H groups in total. The zero-order valence-electron chi connectivity index (χ0n) is 10.6. The molecule has 0 aliphatic rings. The summed E-state index contributed by atoms with van der Waals surface area (Å²) in [6, 6.07) is 5.44. The first-order valence-electron chi connectivity index (χ1n) is 5.70. The summed E-state index contributed by atoms with van der Waals surface area (Å²) >= 11 is 14.9. The molecule has 0 amide bonds. The second-order valence-electron chi connectivity index (χ2n) is 3.79. The van der Waals surface area contributed by atoms with Crippen molar-refractivity contribution in [2.24, 2.45) is 0 Å². The second-order valence-corrected chi connectivity index (χ2v) is 6.58. The zero-order chi connectivity index (χ0) is 14.5. The van der Waals surface area contributed by atoms with E-state index in [4.69, 9.17) is 23.2 Å². The molecule has 0 spiro atoms. The molecule has 3 nitrogen and oxygen atoms in total. The highest BCUT2D eigenvalue weighted by molar-refractivity contribution is 7.99. The fourth-order valence-corrected chi connectivity index (χ4v) is 3.51. The van der Waals surface area contributed by atoms with Crippen LogP contribution in [-0.2, 0) is 9.53 Å². The summed E-state index contributed by atoms with van der Waals surface area (Å²) in [4.78, 5) is 15.5. The van der Waals surface area contributed by atoms with E-state index >= 15 is 0 Å². The average molecular weight is 348 g/mol. The summed E-state index contributed by atoms with van der Waals surface area (Å²) in [5, 5.41) is 4.77. The van der Waals surface area contributed by atoms with Crippen LogP contribution >= 0.6 is 46.3 Å². The summed E-state index contributed by atoms with van der Waals surface area (Å²) in [6.07, 6.45) is 0.376. The van der Waals surface area contributed by atoms with Crippen LogP contribution in [0.25, 0.3) is 10.6 Å². The van der Waals surface area contributed by atoms with E-state index in [9.17, 15) is 4.79 Å². The van der Waals surface area contributed by atoms with Gasteiger partial charge in [-0.3, -0.25) is 4.79 Å². The maximum Gasteiger partial charge on any atom is 0.306 e. The molecule has 20 heavy (non-hydrogen) atoms. The lowest BCUT2D eigenvalue weighted by Gasteiger charge is -1.99. The van der Waals surface area contributed by atoms with Crippen molar-refractivity contribution in [2.75, 3.05) is 12.9 Å². The molecule has 2 rings (SSSR count). The van der Waals surface area contributed by atoms with Crippen molar-refractivity contribution in [3.05, 3.63) is 33.6 Å². The second kappa shape index (κ2) is 7.31. The van der Waals surface area contributed by atoms with Gasteiger partial charge in [0.05, 0.1) is 23.6 Å². The van der Waals surface area contributed by atoms with Gasteiger partial charge in [-0.2, -0.15) is 0 Å². The van der Waals surface area contributed by atoms with Gasteiger partial charge in [-0.15, -0.1) is 23.1 Å². The summed E-state index contributed by atoms with van der Waals surface area (Å²) in [7, 11) is 1.39. The van der Waals surface area contributed by atoms with Gasteiger partial charge in [-0.25, -0.2) is 4.98 Å². The molecule has 0 aliphatic heterocycles. The third kappa shape index (κ3) is 4.12. The van der Waals surface area contributed by atoms with Gasteiger partial charge in [0.1, 0.15) is 10.0 Å². The Morgan fingerprint density at radius 2 is 2.20 bits per heavy atom. The first kappa shape index (κ1) is 15.6. The van der Waals surface area contributed by atoms with Gasteiger partial charge in [-0.1, -0.05) is 29.3 Å². The molecule has 7 heteroatoms. The van der Waals surface area contributed by atoms with E-state index in [2.05, 4.69) is 9.72 Å². The minimum atomic E-state index is -0.211. The van der Waals surface area contributed by atoms with E-state index in [-0.39, 0.29) is 5.97 Å². The van der Waals surface area contributed by atoms with Gasteiger partial charge in [0.15, 0.2) is 0 Å². The summed E-state index contributed by atoms with van der Waals surface area (Å²) in [5.41, 5.74) is 0.934. The quantitative estimate of drug-likeness (QED) is 0.576. The summed E-state index contributed by atoms with van der Waals surface area (Å²) in [5.74, 6) is 0.439. The SMILES string of the molecule is COC(=O)CCSc1csc(-c2ccc(Cl)c(Cl)c2)n1. The Kier molecular flexibility index (Phi) is 5.72. The van der Waals surface area contributed by atoms with Crippen molar-refractivity contribution in [2.45, 2.75) is 11.4 Å². The van der Waals surface area contributed by atoms with Crippen molar-refractivity contribution >= 4 is 52.3 Å². The lowest BCUT2D eigenvalue weighted by Crippen LogP contribution is -2.00. The molecule has 1 heterocycles. The monoisotopic (exact) mass is 347 g/mol. The van der Waals surface area contributed by atoms with E-state index in [1.54, 1.807) is 12.1 Å². The highest BCUT2D eigenvalue weighted by Crippen LogP contribution is 2.32. The smallest absolute Gasteiger partial charge is 0.306 e. The van der Waals surface area contributed by atoms with E-state index in [1.807, 2.05) is 11.4 Å². The number of benzene rings is 1. The third-order valence-electron chi connectivity index (χ3n) is 2.43. The number of ether oxygens (including phenoxy) is 1. The Labute approximate surface area is 135 Å². The number of aromatic nitrogens is 1. The first-order valence-corrected chi connectivity index (χ1v) is 8.33. The molecule has 1 aromatic heterocycles. The Morgan fingerprint density at radius 1 is 1.40 bits per heavy atom. The Bertz CT molecular complexity index is 616. The fraction of sp³-hybridized carbons (Fsp3) is 0.231. The van der Waals surface area contributed by atoms with Crippen molar-refractivity contribution in [3.63, 3.8) is 0 Å². The number of carbonyl (C=O) groups is 1. The Morgan fingerprint density at radius 3 is 2.90 bits per heavy atom. The van der Waals surface area contributed by atoms with E-state index < -0.39 is 0 Å². The summed E-state index contributed by atoms with van der Waals surface area (Å²) < 4.78 is 4.59. The normalized spacial score (nSPS) is 10.6. The molecule has 106 valence electrons. The molecule has 0 fully saturated rings. The number of thiazole rings is 1. The predicted octanol–water partition coefficient (Wildman–Crippen LogP) is 4.77. The predicted molar refractivity (Wildman–Crippen MR) is 84.9 cm³/mol. The molecule has 0 unspecified atom stereocenters. The van der Waals surface area contributed by atoms with Crippen LogP contribution in [0.3, 0.4) is 0 Å². The largest absolute Gasteiger partial charge is 0.469 e. The van der Waals surface area contributed by atoms with Gasteiger partial charge in [0.2, 0.25) is 0 Å². The fourth-order valence-electron chi connectivity index (χ4n) is 1.43. The molecular weight excluding hydrogens is 337 g/mol. The number of nitrogens with zero attached hydrogens (tertiary/aromatic N) is 1. The number of rotatable bonds is 5. The molecule has 0 bridgehead atoms. The molecule has 1 aromatic carbocycles. The van der Waals surface area contributed by atoms with Crippen LogP contribution in [0.5, 0.6) is 0 Å². The Balaban J connectivity index is 2.01. The van der Waals surface area contributed by atoms with Crippen LogP contribution < -0.4 is 0 Å². The standard InChI is InChI=1S/C13H11Cl2NO2S2/c1-18-12(17)4-5-19-11-7-20-13(16-11)8-2-3-9(14)10(15)6-8/h2-3,6-7H,4-5H2,1H3. The van der Waals surface area contributed by atoms with E-state index in [0.717, 1.165) is 15.6 Å². The number of carbonyl (C=O) groups excluding carboxylic acids is 1. The molecule has 0 saturated carbocycles. The topological polar surface area (TPSA) is 39.2 Å². The van der Waals surface area contributed by atoms with Crippen molar-refractivity contribution in [3.8, 4) is 10.6 Å².